The van der Waals surface area contributed by atoms with E-state index >= 15 is 0 Å². The average molecular weight is 356 g/mol. The van der Waals surface area contributed by atoms with Gasteiger partial charge in [-0.15, -0.1) is 12.4 Å². The number of aryl methyl sites for hydroxylation is 1. The molecule has 0 saturated heterocycles. The lowest BCUT2D eigenvalue weighted by atomic mass is 10.1. The molecular weight excluding hydrogens is 326 g/mol. The van der Waals surface area contributed by atoms with Gasteiger partial charge in [0.1, 0.15) is 0 Å². The van der Waals surface area contributed by atoms with Crippen molar-refractivity contribution >= 4 is 29.9 Å². The minimum Gasteiger partial charge on any atom is -0.350 e. The summed E-state index contributed by atoms with van der Waals surface area (Å²) in [5, 5.41) is 9.05. The quantitative estimate of drug-likeness (QED) is 0.671. The molecule has 6 heteroatoms. The number of carbonyl (C=O) groups is 2. The van der Waals surface area contributed by atoms with Gasteiger partial charge in [-0.1, -0.05) is 20.8 Å². The van der Waals surface area contributed by atoms with Crippen LogP contribution in [0.25, 0.3) is 0 Å². The van der Waals surface area contributed by atoms with Crippen LogP contribution in [-0.2, 0) is 4.79 Å². The molecule has 5 nitrogen and oxygen atoms in total. The molecule has 2 amide bonds. The van der Waals surface area contributed by atoms with Crippen LogP contribution < -0.4 is 16.0 Å². The Balaban J connectivity index is 0.00000529. The van der Waals surface area contributed by atoms with E-state index in [0.717, 1.165) is 17.8 Å². The fourth-order valence-electron chi connectivity index (χ4n) is 2.29. The van der Waals surface area contributed by atoms with Crippen LogP contribution in [0.1, 0.15) is 50.0 Å². The summed E-state index contributed by atoms with van der Waals surface area (Å²) in [5.74, 6) is 0.219. The van der Waals surface area contributed by atoms with E-state index in [1.165, 1.54) is 0 Å². The number of hydrogen-bond donors (Lipinski definition) is 3. The summed E-state index contributed by atoms with van der Waals surface area (Å²) in [5.41, 5.74) is 2.25. The lowest BCUT2D eigenvalue weighted by Gasteiger charge is -2.14. The number of hydrogen-bond acceptors (Lipinski definition) is 3. The van der Waals surface area contributed by atoms with E-state index in [2.05, 4.69) is 16.0 Å². The molecule has 0 unspecified atom stereocenters. The van der Waals surface area contributed by atoms with Crippen LogP contribution in [0.5, 0.6) is 0 Å². The van der Waals surface area contributed by atoms with Crippen molar-refractivity contribution in [1.82, 2.24) is 10.6 Å². The molecule has 0 spiro atoms. The van der Waals surface area contributed by atoms with Gasteiger partial charge in [-0.25, -0.2) is 0 Å². The molecule has 0 aliphatic carbocycles. The molecule has 24 heavy (non-hydrogen) atoms. The molecule has 1 aromatic rings. The lowest BCUT2D eigenvalue weighted by molar-refractivity contribution is -0.116. The van der Waals surface area contributed by atoms with Gasteiger partial charge in [0.05, 0.1) is 0 Å². The van der Waals surface area contributed by atoms with E-state index in [1.807, 2.05) is 34.6 Å². The third-order valence-corrected chi connectivity index (χ3v) is 3.48. The molecule has 0 bridgehead atoms. The molecule has 1 rings (SSSR count). The molecule has 1 aromatic carbocycles. The molecule has 0 fully saturated rings. The number of anilines is 1. The van der Waals surface area contributed by atoms with E-state index in [4.69, 9.17) is 0 Å². The van der Waals surface area contributed by atoms with Crippen LogP contribution in [-0.4, -0.2) is 30.9 Å². The van der Waals surface area contributed by atoms with Gasteiger partial charge in [0.2, 0.25) is 5.91 Å². The third kappa shape index (κ3) is 7.79. The number of likely N-dealkylation sites (N-methyl/N-ethyl adjacent to an activating group) is 1. The Morgan fingerprint density at radius 1 is 1.17 bits per heavy atom. The molecule has 3 N–H and O–H groups in total. The van der Waals surface area contributed by atoms with Gasteiger partial charge in [-0.3, -0.25) is 9.59 Å². The largest absolute Gasteiger partial charge is 0.350 e. The second kappa shape index (κ2) is 11.0. The Hall–Kier alpha value is -1.59. The first kappa shape index (κ1) is 22.4. The zero-order valence-corrected chi connectivity index (χ0v) is 16.0. The number of rotatable bonds is 8. The second-order valence-corrected chi connectivity index (χ2v) is 6.34. The first-order valence-corrected chi connectivity index (χ1v) is 8.25. The van der Waals surface area contributed by atoms with Gasteiger partial charge in [0, 0.05) is 30.3 Å². The number of nitrogens with one attached hydrogen (secondary N) is 3. The highest BCUT2D eigenvalue weighted by atomic mass is 35.5. The maximum atomic E-state index is 12.2. The molecule has 0 aliphatic rings. The van der Waals surface area contributed by atoms with Crippen LogP contribution in [0.15, 0.2) is 18.2 Å². The monoisotopic (exact) mass is 355 g/mol. The second-order valence-electron chi connectivity index (χ2n) is 6.34. The summed E-state index contributed by atoms with van der Waals surface area (Å²) in [6, 6.07) is 5.57. The summed E-state index contributed by atoms with van der Waals surface area (Å²) in [6.45, 7) is 11.4. The fourth-order valence-corrected chi connectivity index (χ4v) is 2.29. The summed E-state index contributed by atoms with van der Waals surface area (Å²) in [7, 11) is 0. The summed E-state index contributed by atoms with van der Waals surface area (Å²) < 4.78 is 0. The van der Waals surface area contributed by atoms with Gasteiger partial charge in [-0.2, -0.15) is 0 Å². The predicted octanol–water partition coefficient (Wildman–Crippen LogP) is 3.13. The molecule has 1 atom stereocenters. The Bertz CT molecular complexity index is 547. The number of halogens is 1. The Morgan fingerprint density at radius 2 is 1.83 bits per heavy atom. The maximum Gasteiger partial charge on any atom is 0.251 e. The number of benzene rings is 1. The smallest absolute Gasteiger partial charge is 0.251 e. The van der Waals surface area contributed by atoms with Crippen molar-refractivity contribution < 1.29 is 9.59 Å². The standard InChI is InChI=1S/C18H29N3O2.ClH/c1-6-19-14(5)11-20-18(23)15-7-8-16(13(4)10-15)21-17(22)9-12(2)3;/h7-8,10,12,14,19H,6,9,11H2,1-5H3,(H,20,23)(H,21,22);1H/t14-;/m1./s1. The lowest BCUT2D eigenvalue weighted by Crippen LogP contribution is -2.38. The summed E-state index contributed by atoms with van der Waals surface area (Å²) in [4.78, 5) is 24.0. The average Bonchev–Trinajstić information content (AvgIpc) is 2.46. The van der Waals surface area contributed by atoms with Crippen molar-refractivity contribution in [2.45, 2.75) is 47.1 Å². The van der Waals surface area contributed by atoms with Gasteiger partial charge in [0.15, 0.2) is 0 Å². The van der Waals surface area contributed by atoms with Crippen molar-refractivity contribution in [2.24, 2.45) is 5.92 Å². The van der Waals surface area contributed by atoms with Crippen molar-refractivity contribution in [3.63, 3.8) is 0 Å². The first-order valence-electron chi connectivity index (χ1n) is 8.25. The van der Waals surface area contributed by atoms with Crippen molar-refractivity contribution in [3.05, 3.63) is 29.3 Å². The highest BCUT2D eigenvalue weighted by Crippen LogP contribution is 2.17. The maximum absolute atomic E-state index is 12.2. The Kier molecular flexibility index (Phi) is 10.3. The van der Waals surface area contributed by atoms with E-state index in [1.54, 1.807) is 18.2 Å². The molecule has 136 valence electrons. The number of carbonyl (C=O) groups excluding carboxylic acids is 2. The zero-order valence-electron chi connectivity index (χ0n) is 15.2. The van der Waals surface area contributed by atoms with Gasteiger partial charge in [0.25, 0.3) is 5.91 Å². The first-order chi connectivity index (χ1) is 10.8. The fraction of sp³-hybridized carbons (Fsp3) is 0.556. The minimum atomic E-state index is -0.0992. The molecule has 0 heterocycles. The molecule has 0 saturated carbocycles. The van der Waals surface area contributed by atoms with Gasteiger partial charge < -0.3 is 16.0 Å². The van der Waals surface area contributed by atoms with Crippen molar-refractivity contribution in [1.29, 1.82) is 0 Å². The summed E-state index contributed by atoms with van der Waals surface area (Å²) >= 11 is 0. The highest BCUT2D eigenvalue weighted by molar-refractivity contribution is 5.96. The summed E-state index contributed by atoms with van der Waals surface area (Å²) in [6.07, 6.45) is 0.490. The van der Waals surface area contributed by atoms with E-state index < -0.39 is 0 Å². The van der Waals surface area contributed by atoms with Gasteiger partial charge >= 0.3 is 0 Å². The van der Waals surface area contributed by atoms with Crippen LogP contribution in [0.2, 0.25) is 0 Å². The van der Waals surface area contributed by atoms with Crippen LogP contribution >= 0.6 is 12.4 Å². The molecule has 0 radical (unpaired) electrons. The topological polar surface area (TPSA) is 70.2 Å². The number of amides is 2. The van der Waals surface area contributed by atoms with Gasteiger partial charge in [-0.05, 0) is 50.1 Å². The minimum absolute atomic E-state index is 0. The Labute approximate surface area is 151 Å². The third-order valence-electron chi connectivity index (χ3n) is 3.48. The van der Waals surface area contributed by atoms with Crippen LogP contribution in [0.3, 0.4) is 0 Å². The van der Waals surface area contributed by atoms with Crippen molar-refractivity contribution in [3.8, 4) is 0 Å². The zero-order chi connectivity index (χ0) is 17.4. The van der Waals surface area contributed by atoms with Crippen LogP contribution in [0.4, 0.5) is 5.69 Å². The highest BCUT2D eigenvalue weighted by Gasteiger charge is 2.11. The molecular formula is C18H30ClN3O2. The van der Waals surface area contributed by atoms with E-state index in [9.17, 15) is 9.59 Å². The Morgan fingerprint density at radius 3 is 2.38 bits per heavy atom. The van der Waals surface area contributed by atoms with Crippen molar-refractivity contribution in [2.75, 3.05) is 18.4 Å². The van der Waals surface area contributed by atoms with E-state index in [0.29, 0.717) is 24.4 Å². The molecule has 0 aromatic heterocycles. The normalized spacial score (nSPS) is 11.6. The SMILES string of the molecule is CCN[C@H](C)CNC(=O)c1ccc(NC(=O)CC(C)C)c(C)c1.Cl. The van der Waals surface area contributed by atoms with Crippen LogP contribution in [0, 0.1) is 12.8 Å². The van der Waals surface area contributed by atoms with E-state index in [-0.39, 0.29) is 30.3 Å². The predicted molar refractivity (Wildman–Crippen MR) is 102 cm³/mol. The molecule has 0 aliphatic heterocycles.